The minimum atomic E-state index is -0.804. The van der Waals surface area contributed by atoms with Gasteiger partial charge in [0, 0.05) is 31.7 Å². The maximum atomic E-state index is 13.6. The third-order valence-corrected chi connectivity index (χ3v) is 6.05. The number of morpholine rings is 1. The minimum Gasteiger partial charge on any atom is -0.507 e. The summed E-state index contributed by atoms with van der Waals surface area (Å²) in [7, 11) is 1.51. The molecule has 0 spiro atoms. The quantitative estimate of drug-likeness (QED) is 0.394. The number of methoxy groups -OCH3 is 1. The average Bonchev–Trinajstić information content (AvgIpc) is 3.10. The van der Waals surface area contributed by atoms with Crippen LogP contribution in [0, 0.1) is 5.82 Å². The summed E-state index contributed by atoms with van der Waals surface area (Å²) in [5.74, 6) is -1.61. The maximum Gasteiger partial charge on any atom is 0.295 e. The predicted molar refractivity (Wildman–Crippen MR) is 120 cm³/mol. The van der Waals surface area contributed by atoms with Crippen LogP contribution in [0.5, 0.6) is 5.75 Å². The van der Waals surface area contributed by atoms with Crippen LogP contribution in [0.3, 0.4) is 0 Å². The Bertz CT molecular complexity index is 1050. The average molecular weight is 454 g/mol. The normalized spacial score (nSPS) is 20.9. The summed E-state index contributed by atoms with van der Waals surface area (Å²) in [5, 5.41) is 11.1. The number of aliphatic hydroxyl groups excluding tert-OH is 1. The second-order valence-electron chi connectivity index (χ2n) is 8.08. The van der Waals surface area contributed by atoms with Gasteiger partial charge in [-0.1, -0.05) is 24.3 Å². The molecule has 1 amide bonds. The number of hydrogen-bond acceptors (Lipinski definition) is 6. The molecule has 2 saturated heterocycles. The molecule has 2 aromatic rings. The van der Waals surface area contributed by atoms with Crippen LogP contribution in [-0.2, 0) is 14.3 Å². The Kier molecular flexibility index (Phi) is 7.05. The molecule has 1 N–H and O–H groups in total. The SMILES string of the molecule is COc1cccc(/C(O)=C2\C(=O)C(=O)N(CCCN3CCOCC3)[C@H]2c2ccc(F)cc2)c1. The number of hydrogen-bond donors (Lipinski definition) is 1. The molecule has 2 heterocycles. The molecule has 0 aromatic heterocycles. The van der Waals surface area contributed by atoms with Crippen LogP contribution >= 0.6 is 0 Å². The van der Waals surface area contributed by atoms with Gasteiger partial charge in [0.1, 0.15) is 17.3 Å². The first-order valence-electron chi connectivity index (χ1n) is 11.0. The Morgan fingerprint density at radius 3 is 2.55 bits per heavy atom. The van der Waals surface area contributed by atoms with Gasteiger partial charge in [-0.3, -0.25) is 14.5 Å². The summed E-state index contributed by atoms with van der Waals surface area (Å²) in [6.07, 6.45) is 0.657. The van der Waals surface area contributed by atoms with Crippen LogP contribution in [-0.4, -0.2) is 73.1 Å². The Hall–Kier alpha value is -3.23. The summed E-state index contributed by atoms with van der Waals surface area (Å²) >= 11 is 0. The lowest BCUT2D eigenvalue weighted by molar-refractivity contribution is -0.140. The molecule has 2 aromatic carbocycles. The number of rotatable bonds is 7. The lowest BCUT2D eigenvalue weighted by Crippen LogP contribution is -2.38. The van der Waals surface area contributed by atoms with E-state index in [1.54, 1.807) is 36.4 Å². The molecule has 0 aliphatic carbocycles. The summed E-state index contributed by atoms with van der Waals surface area (Å²) in [6.45, 7) is 4.12. The molecule has 8 heteroatoms. The topological polar surface area (TPSA) is 79.3 Å². The van der Waals surface area contributed by atoms with Crippen molar-refractivity contribution < 1.29 is 28.6 Å². The fourth-order valence-corrected chi connectivity index (χ4v) is 4.32. The molecule has 174 valence electrons. The molecule has 4 rings (SSSR count). The van der Waals surface area contributed by atoms with E-state index in [0.717, 1.165) is 19.6 Å². The number of nitrogens with zero attached hydrogens (tertiary/aromatic N) is 2. The van der Waals surface area contributed by atoms with E-state index in [0.29, 0.717) is 43.1 Å². The lowest BCUT2D eigenvalue weighted by atomic mass is 9.95. The highest BCUT2D eigenvalue weighted by Crippen LogP contribution is 2.39. The van der Waals surface area contributed by atoms with E-state index in [1.807, 2.05) is 0 Å². The Labute approximate surface area is 192 Å². The van der Waals surface area contributed by atoms with Gasteiger partial charge in [-0.05, 0) is 36.2 Å². The Balaban J connectivity index is 1.67. The van der Waals surface area contributed by atoms with Gasteiger partial charge >= 0.3 is 0 Å². The number of ether oxygens (including phenoxy) is 2. The summed E-state index contributed by atoms with van der Waals surface area (Å²) in [5.41, 5.74) is 0.922. The number of carbonyl (C=O) groups is 2. The Morgan fingerprint density at radius 2 is 1.85 bits per heavy atom. The van der Waals surface area contributed by atoms with Crippen LogP contribution < -0.4 is 4.74 Å². The molecule has 2 aliphatic rings. The van der Waals surface area contributed by atoms with Crippen LogP contribution in [0.15, 0.2) is 54.1 Å². The van der Waals surface area contributed by atoms with Gasteiger partial charge in [-0.2, -0.15) is 0 Å². The van der Waals surface area contributed by atoms with E-state index < -0.39 is 23.5 Å². The molecule has 1 atom stereocenters. The number of halogens is 1. The zero-order chi connectivity index (χ0) is 23.4. The van der Waals surface area contributed by atoms with Gasteiger partial charge in [0.15, 0.2) is 0 Å². The molecule has 2 fully saturated rings. The first-order valence-corrected chi connectivity index (χ1v) is 11.0. The summed E-state index contributed by atoms with van der Waals surface area (Å²) in [6, 6.07) is 11.5. The van der Waals surface area contributed by atoms with Crippen molar-refractivity contribution >= 4 is 17.4 Å². The van der Waals surface area contributed by atoms with Gasteiger partial charge < -0.3 is 19.5 Å². The van der Waals surface area contributed by atoms with Gasteiger partial charge in [-0.15, -0.1) is 0 Å². The standard InChI is InChI=1S/C25H27FN2O5/c1-32-20-5-2-4-18(16-20)23(29)21-22(17-6-8-19(26)9-7-17)28(25(31)24(21)30)11-3-10-27-12-14-33-15-13-27/h2,4-9,16,22,29H,3,10-15H2,1H3/b23-21+/t22-/m0/s1. The molecule has 0 radical (unpaired) electrons. The molecule has 33 heavy (non-hydrogen) atoms. The molecular formula is C25H27FN2O5. The van der Waals surface area contributed by atoms with Crippen molar-refractivity contribution in [3.05, 3.63) is 71.0 Å². The van der Waals surface area contributed by atoms with E-state index in [1.165, 1.54) is 24.1 Å². The monoisotopic (exact) mass is 454 g/mol. The fraction of sp³-hybridized carbons (Fsp3) is 0.360. The van der Waals surface area contributed by atoms with Gasteiger partial charge in [0.25, 0.3) is 11.7 Å². The van der Waals surface area contributed by atoms with E-state index in [2.05, 4.69) is 4.90 Å². The Morgan fingerprint density at radius 1 is 1.12 bits per heavy atom. The van der Waals surface area contributed by atoms with E-state index >= 15 is 0 Å². The first kappa shape index (κ1) is 22.9. The summed E-state index contributed by atoms with van der Waals surface area (Å²) in [4.78, 5) is 29.8. The molecule has 0 unspecified atom stereocenters. The number of aliphatic hydroxyl groups is 1. The van der Waals surface area contributed by atoms with Crippen LogP contribution in [0.4, 0.5) is 4.39 Å². The maximum absolute atomic E-state index is 13.6. The van der Waals surface area contributed by atoms with Crippen molar-refractivity contribution in [1.29, 1.82) is 0 Å². The van der Waals surface area contributed by atoms with E-state index in [4.69, 9.17) is 9.47 Å². The minimum absolute atomic E-state index is 0.00812. The zero-order valence-electron chi connectivity index (χ0n) is 18.5. The van der Waals surface area contributed by atoms with Crippen LogP contribution in [0.1, 0.15) is 23.6 Å². The fourth-order valence-electron chi connectivity index (χ4n) is 4.32. The number of carbonyl (C=O) groups excluding carboxylic acids is 2. The van der Waals surface area contributed by atoms with Gasteiger partial charge in [0.2, 0.25) is 0 Å². The van der Waals surface area contributed by atoms with Crippen molar-refractivity contribution in [2.75, 3.05) is 46.5 Å². The summed E-state index contributed by atoms with van der Waals surface area (Å²) < 4.78 is 24.2. The highest BCUT2D eigenvalue weighted by Gasteiger charge is 2.45. The van der Waals surface area contributed by atoms with Gasteiger partial charge in [0.05, 0.1) is 31.9 Å². The van der Waals surface area contributed by atoms with E-state index in [-0.39, 0.29) is 11.3 Å². The largest absolute Gasteiger partial charge is 0.507 e. The van der Waals surface area contributed by atoms with Crippen molar-refractivity contribution in [1.82, 2.24) is 9.80 Å². The van der Waals surface area contributed by atoms with Crippen molar-refractivity contribution in [2.24, 2.45) is 0 Å². The number of amides is 1. The second kappa shape index (κ2) is 10.1. The third-order valence-electron chi connectivity index (χ3n) is 6.05. The highest BCUT2D eigenvalue weighted by molar-refractivity contribution is 6.46. The highest BCUT2D eigenvalue weighted by atomic mass is 19.1. The van der Waals surface area contributed by atoms with E-state index in [9.17, 15) is 19.1 Å². The number of ketones is 1. The number of benzene rings is 2. The first-order chi connectivity index (χ1) is 16.0. The number of Topliss-reactive ketones (excluding diaryl/α,β-unsaturated/α-hetero) is 1. The lowest BCUT2D eigenvalue weighted by Gasteiger charge is -2.29. The van der Waals surface area contributed by atoms with Crippen LogP contribution in [0.2, 0.25) is 0 Å². The molecule has 7 nitrogen and oxygen atoms in total. The number of likely N-dealkylation sites (tertiary alicyclic amines) is 1. The molecular weight excluding hydrogens is 427 g/mol. The van der Waals surface area contributed by atoms with Crippen molar-refractivity contribution in [2.45, 2.75) is 12.5 Å². The second-order valence-corrected chi connectivity index (χ2v) is 8.08. The predicted octanol–water partition coefficient (Wildman–Crippen LogP) is 2.98. The van der Waals surface area contributed by atoms with Crippen molar-refractivity contribution in [3.63, 3.8) is 0 Å². The third kappa shape index (κ3) is 4.91. The van der Waals surface area contributed by atoms with Crippen molar-refractivity contribution in [3.8, 4) is 5.75 Å². The smallest absolute Gasteiger partial charge is 0.295 e. The zero-order valence-corrected chi connectivity index (χ0v) is 18.5. The molecule has 2 aliphatic heterocycles. The van der Waals surface area contributed by atoms with Gasteiger partial charge in [-0.25, -0.2) is 4.39 Å². The van der Waals surface area contributed by atoms with Crippen LogP contribution in [0.25, 0.3) is 5.76 Å². The molecule has 0 bridgehead atoms. The molecule has 0 saturated carbocycles.